The first-order valence-electron chi connectivity index (χ1n) is 11.7. The van der Waals surface area contributed by atoms with Crippen molar-refractivity contribution in [3.05, 3.63) is 92.3 Å². The van der Waals surface area contributed by atoms with Gasteiger partial charge in [-0.2, -0.15) is 0 Å². The van der Waals surface area contributed by atoms with Crippen molar-refractivity contribution in [2.75, 3.05) is 13.6 Å². The van der Waals surface area contributed by atoms with Crippen LogP contribution in [-0.2, 0) is 16.0 Å². The number of amides is 1. The third-order valence-corrected chi connectivity index (χ3v) is 7.93. The molecule has 8 nitrogen and oxygen atoms in total. The van der Waals surface area contributed by atoms with E-state index in [0.717, 1.165) is 25.5 Å². The molecule has 0 bridgehead atoms. The Bertz CT molecular complexity index is 1380. The van der Waals surface area contributed by atoms with Gasteiger partial charge in [-0.15, -0.1) is 0 Å². The molecule has 5 rings (SSSR count). The molecular formula is C26H26FN3O5S. The van der Waals surface area contributed by atoms with Crippen LogP contribution in [0.1, 0.15) is 35.8 Å². The van der Waals surface area contributed by atoms with E-state index < -0.39 is 41.8 Å². The first kappa shape index (κ1) is 24.5. The summed E-state index contributed by atoms with van der Waals surface area (Å²) in [5.74, 6) is -0.757. The molecule has 2 N–H and O–H groups in total. The van der Waals surface area contributed by atoms with Crippen LogP contribution >= 0.6 is 11.8 Å². The Labute approximate surface area is 210 Å². The number of benzene rings is 2. The van der Waals surface area contributed by atoms with Gasteiger partial charge in [-0.25, -0.2) is 9.18 Å². The SMILES string of the molecule is CCc1cn([C@@H]2O[C@H](CN(C)C(=O)C3c4ccccc4Sc4ccccc43)[C@@H](O)[C@H]2F)c(=O)[nH]c1=O. The number of aryl methyl sites for hydroxylation is 1. The van der Waals surface area contributed by atoms with Gasteiger partial charge in [0.05, 0.1) is 5.92 Å². The number of halogens is 1. The summed E-state index contributed by atoms with van der Waals surface area (Å²) in [6.07, 6.45) is -4.36. The first-order valence-corrected chi connectivity index (χ1v) is 12.5. The molecule has 1 amide bonds. The Balaban J connectivity index is 1.39. The predicted octanol–water partition coefficient (Wildman–Crippen LogP) is 2.45. The summed E-state index contributed by atoms with van der Waals surface area (Å²) in [6, 6.07) is 15.4. The molecule has 4 atom stereocenters. The van der Waals surface area contributed by atoms with Crippen molar-refractivity contribution in [1.82, 2.24) is 14.5 Å². The topological polar surface area (TPSA) is 105 Å². The lowest BCUT2D eigenvalue weighted by atomic mass is 9.89. The van der Waals surface area contributed by atoms with Crippen LogP contribution in [0.3, 0.4) is 0 Å². The van der Waals surface area contributed by atoms with E-state index in [1.807, 2.05) is 48.5 Å². The number of fused-ring (bicyclic) bond motifs is 2. The standard InChI is InChI=1S/C26H26FN3O5S/c1-3-14-12-30(26(34)28-23(14)32)25-21(27)22(31)17(35-25)13-29(2)24(33)20-15-8-4-6-10-18(15)36-19-11-7-5-9-16(19)20/h4-12,17,20-22,25,31H,3,13H2,1-2H3,(H,28,32,34)/t17-,21-,22-,25-/m1/s1. The van der Waals surface area contributed by atoms with E-state index in [9.17, 15) is 19.5 Å². The summed E-state index contributed by atoms with van der Waals surface area (Å²) in [5.41, 5.74) is 0.706. The molecule has 3 heterocycles. The number of H-pyrrole nitrogens is 1. The van der Waals surface area contributed by atoms with Crippen molar-refractivity contribution >= 4 is 17.7 Å². The lowest BCUT2D eigenvalue weighted by Gasteiger charge is -2.31. The zero-order chi connectivity index (χ0) is 25.6. The van der Waals surface area contributed by atoms with Crippen LogP contribution in [0, 0.1) is 0 Å². The third kappa shape index (κ3) is 4.19. The molecule has 0 unspecified atom stereocenters. The number of carbonyl (C=O) groups is 1. The number of nitrogens with zero attached hydrogens (tertiary/aromatic N) is 2. The smallest absolute Gasteiger partial charge is 0.330 e. The minimum atomic E-state index is -1.92. The molecule has 10 heteroatoms. The van der Waals surface area contributed by atoms with Crippen LogP contribution in [0.15, 0.2) is 74.1 Å². The first-order chi connectivity index (χ1) is 17.3. The number of rotatable bonds is 5. The Hall–Kier alpha value is -3.21. The van der Waals surface area contributed by atoms with E-state index in [1.54, 1.807) is 25.7 Å². The highest BCUT2D eigenvalue weighted by Crippen LogP contribution is 2.46. The fourth-order valence-electron chi connectivity index (χ4n) is 4.80. The number of likely N-dealkylation sites (N-methyl/N-ethyl adjacent to an activating group) is 1. The lowest BCUT2D eigenvalue weighted by Crippen LogP contribution is -2.42. The monoisotopic (exact) mass is 511 g/mol. The van der Waals surface area contributed by atoms with Crippen LogP contribution in [0.5, 0.6) is 0 Å². The highest BCUT2D eigenvalue weighted by molar-refractivity contribution is 7.99. The van der Waals surface area contributed by atoms with Crippen molar-refractivity contribution in [1.29, 1.82) is 0 Å². The largest absolute Gasteiger partial charge is 0.387 e. The van der Waals surface area contributed by atoms with E-state index in [2.05, 4.69) is 4.98 Å². The van der Waals surface area contributed by atoms with Gasteiger partial charge in [-0.3, -0.25) is 19.1 Å². The second-order valence-corrected chi connectivity index (χ2v) is 10.1. The maximum atomic E-state index is 15.1. The zero-order valence-electron chi connectivity index (χ0n) is 19.8. The van der Waals surface area contributed by atoms with Gasteiger partial charge in [0.1, 0.15) is 12.2 Å². The Morgan fingerprint density at radius 2 is 1.75 bits per heavy atom. The second-order valence-electron chi connectivity index (χ2n) is 9.00. The molecule has 2 aromatic carbocycles. The summed E-state index contributed by atoms with van der Waals surface area (Å²) in [7, 11) is 1.59. The maximum absolute atomic E-state index is 15.1. The van der Waals surface area contributed by atoms with Crippen LogP contribution < -0.4 is 11.2 Å². The van der Waals surface area contributed by atoms with Crippen molar-refractivity contribution < 1.29 is 19.0 Å². The van der Waals surface area contributed by atoms with E-state index in [-0.39, 0.29) is 12.5 Å². The van der Waals surface area contributed by atoms with Crippen molar-refractivity contribution in [3.63, 3.8) is 0 Å². The Morgan fingerprint density at radius 3 is 2.36 bits per heavy atom. The molecule has 0 saturated carbocycles. The van der Waals surface area contributed by atoms with E-state index in [1.165, 1.54) is 11.1 Å². The number of hydrogen-bond acceptors (Lipinski definition) is 6. The number of carbonyl (C=O) groups excluding carboxylic acids is 1. The predicted molar refractivity (Wildman–Crippen MR) is 132 cm³/mol. The van der Waals surface area contributed by atoms with Crippen molar-refractivity contribution in [2.45, 2.75) is 53.7 Å². The minimum Gasteiger partial charge on any atom is -0.387 e. The molecule has 2 aliphatic heterocycles. The van der Waals surface area contributed by atoms with Gasteiger partial charge in [0.2, 0.25) is 5.91 Å². The van der Waals surface area contributed by atoms with Crippen molar-refractivity contribution in [3.8, 4) is 0 Å². The van der Waals surface area contributed by atoms with Gasteiger partial charge < -0.3 is 14.7 Å². The normalized spacial score (nSPS) is 23.2. The van der Waals surface area contributed by atoms with Crippen LogP contribution in [0.4, 0.5) is 4.39 Å². The summed E-state index contributed by atoms with van der Waals surface area (Å²) in [5, 5.41) is 10.6. The average molecular weight is 512 g/mol. The number of aliphatic hydroxyl groups is 1. The molecular weight excluding hydrogens is 485 g/mol. The molecule has 0 aliphatic carbocycles. The van der Waals surface area contributed by atoms with E-state index in [4.69, 9.17) is 4.74 Å². The number of aliphatic hydroxyl groups excluding tert-OH is 1. The van der Waals surface area contributed by atoms with Gasteiger partial charge in [0, 0.05) is 35.1 Å². The molecule has 1 fully saturated rings. The van der Waals surface area contributed by atoms with Gasteiger partial charge in [-0.1, -0.05) is 55.1 Å². The number of aromatic amines is 1. The molecule has 1 saturated heterocycles. The van der Waals surface area contributed by atoms with E-state index >= 15 is 4.39 Å². The number of nitrogens with one attached hydrogen (secondary N) is 1. The highest BCUT2D eigenvalue weighted by Gasteiger charge is 2.47. The lowest BCUT2D eigenvalue weighted by molar-refractivity contribution is -0.133. The Morgan fingerprint density at radius 1 is 1.14 bits per heavy atom. The molecule has 3 aromatic rings. The number of hydrogen-bond donors (Lipinski definition) is 2. The fraction of sp³-hybridized carbons (Fsp3) is 0.346. The highest BCUT2D eigenvalue weighted by atomic mass is 32.2. The Kier molecular flexibility index (Phi) is 6.59. The second kappa shape index (κ2) is 9.68. The van der Waals surface area contributed by atoms with Crippen LogP contribution in [0.2, 0.25) is 0 Å². The summed E-state index contributed by atoms with van der Waals surface area (Å²) < 4.78 is 21.8. The third-order valence-electron chi connectivity index (χ3n) is 6.75. The van der Waals surface area contributed by atoms with Gasteiger partial charge in [0.25, 0.3) is 5.56 Å². The number of aromatic nitrogens is 2. The summed E-state index contributed by atoms with van der Waals surface area (Å²) in [4.78, 5) is 43.5. The summed E-state index contributed by atoms with van der Waals surface area (Å²) >= 11 is 1.61. The molecule has 2 aliphatic rings. The molecule has 0 radical (unpaired) electrons. The molecule has 188 valence electrons. The molecule has 36 heavy (non-hydrogen) atoms. The maximum Gasteiger partial charge on any atom is 0.330 e. The quantitative estimate of drug-likeness (QED) is 0.545. The summed E-state index contributed by atoms with van der Waals surface area (Å²) in [6.45, 7) is 1.66. The minimum absolute atomic E-state index is 0.0797. The van der Waals surface area contributed by atoms with E-state index in [0.29, 0.717) is 12.0 Å². The number of alkyl halides is 1. The van der Waals surface area contributed by atoms with Crippen molar-refractivity contribution in [2.24, 2.45) is 0 Å². The average Bonchev–Trinajstić information content (AvgIpc) is 3.15. The van der Waals surface area contributed by atoms with Gasteiger partial charge >= 0.3 is 5.69 Å². The zero-order valence-corrected chi connectivity index (χ0v) is 20.6. The van der Waals surface area contributed by atoms with Crippen LogP contribution in [-0.4, -0.2) is 57.4 Å². The number of ether oxygens (including phenoxy) is 1. The van der Waals surface area contributed by atoms with Gasteiger partial charge in [0.15, 0.2) is 12.4 Å². The fourth-order valence-corrected chi connectivity index (χ4v) is 5.94. The van der Waals surface area contributed by atoms with Crippen LogP contribution in [0.25, 0.3) is 0 Å². The molecule has 0 spiro atoms. The molecule has 1 aromatic heterocycles. The van der Waals surface area contributed by atoms with Gasteiger partial charge in [-0.05, 0) is 29.7 Å².